The van der Waals surface area contributed by atoms with Crippen molar-refractivity contribution in [2.24, 2.45) is 0 Å². The largest absolute Gasteiger partial charge is 0.496 e. The van der Waals surface area contributed by atoms with E-state index in [2.05, 4.69) is 0 Å². The molecule has 2 aromatic rings. The van der Waals surface area contributed by atoms with E-state index >= 15 is 0 Å². The van der Waals surface area contributed by atoms with Crippen LogP contribution in [0.25, 0.3) is 0 Å². The first-order chi connectivity index (χ1) is 17.6. The molecule has 3 heterocycles. The molecule has 4 rings (SSSR count). The molecule has 0 radical (unpaired) electrons. The van der Waals surface area contributed by atoms with E-state index in [4.69, 9.17) is 9.47 Å². The van der Waals surface area contributed by atoms with Crippen molar-refractivity contribution in [1.29, 1.82) is 0 Å². The van der Waals surface area contributed by atoms with Gasteiger partial charge in [-0.3, -0.25) is 14.2 Å². The number of para-hydroxylation sites is 1. The summed E-state index contributed by atoms with van der Waals surface area (Å²) in [6.45, 7) is 8.06. The zero-order valence-electron chi connectivity index (χ0n) is 22.1. The minimum Gasteiger partial charge on any atom is -0.496 e. The van der Waals surface area contributed by atoms with Crippen molar-refractivity contribution in [1.82, 2.24) is 14.0 Å². The van der Waals surface area contributed by atoms with Crippen LogP contribution >= 0.6 is 11.8 Å². The van der Waals surface area contributed by atoms with E-state index in [9.17, 15) is 19.2 Å². The molecule has 0 bridgehead atoms. The molecule has 2 atom stereocenters. The smallest absolute Gasteiger partial charge is 0.332 e. The number of carbonyl (C=O) groups excluding carboxylic acids is 2. The molecule has 1 aromatic heterocycles. The highest BCUT2D eigenvalue weighted by atomic mass is 32.2. The highest BCUT2D eigenvalue weighted by molar-refractivity contribution is 7.99. The number of benzene rings is 1. The average molecular weight is 530 g/mol. The monoisotopic (exact) mass is 529 g/mol. The molecule has 37 heavy (non-hydrogen) atoms. The topological polar surface area (TPSA) is 99.8 Å². The second kappa shape index (κ2) is 10.9. The summed E-state index contributed by atoms with van der Waals surface area (Å²) >= 11 is 1.48. The number of hydrogen-bond acceptors (Lipinski definition) is 7. The maximum absolute atomic E-state index is 13.8. The number of carbonyl (C=O) groups is 2. The molecule has 1 amide bonds. The molecule has 1 saturated heterocycles. The Morgan fingerprint density at radius 3 is 2.51 bits per heavy atom. The van der Waals surface area contributed by atoms with Crippen LogP contribution in [0.15, 0.2) is 38.9 Å². The van der Waals surface area contributed by atoms with Crippen LogP contribution in [0, 0.1) is 0 Å². The Morgan fingerprint density at radius 2 is 1.89 bits per heavy atom. The van der Waals surface area contributed by atoms with Gasteiger partial charge >= 0.3 is 5.69 Å². The van der Waals surface area contributed by atoms with Gasteiger partial charge in [0.1, 0.15) is 23.7 Å². The van der Waals surface area contributed by atoms with Crippen LogP contribution in [0.3, 0.4) is 0 Å². The molecular weight excluding hydrogens is 494 g/mol. The molecule has 0 aliphatic carbocycles. The number of piperidine rings is 1. The molecule has 0 saturated carbocycles. The lowest BCUT2D eigenvalue weighted by Crippen LogP contribution is -2.51. The number of aldehydes is 1. The normalized spacial score (nSPS) is 18.9. The van der Waals surface area contributed by atoms with Crippen LogP contribution in [0.5, 0.6) is 5.75 Å². The van der Waals surface area contributed by atoms with Crippen LogP contribution in [0.2, 0.25) is 0 Å². The van der Waals surface area contributed by atoms with Gasteiger partial charge in [0, 0.05) is 31.3 Å². The fourth-order valence-electron chi connectivity index (χ4n) is 5.09. The first kappa shape index (κ1) is 27.2. The van der Waals surface area contributed by atoms with Crippen molar-refractivity contribution < 1.29 is 19.1 Å². The Balaban J connectivity index is 1.79. The number of hydrogen-bond donors (Lipinski definition) is 0. The Morgan fingerprint density at radius 1 is 1.22 bits per heavy atom. The van der Waals surface area contributed by atoms with Crippen molar-refractivity contribution in [3.05, 3.63) is 56.2 Å². The van der Waals surface area contributed by atoms with Gasteiger partial charge < -0.3 is 19.2 Å². The number of thioether (sulfide) groups is 1. The number of fused-ring (bicyclic) bond motifs is 1. The van der Waals surface area contributed by atoms with E-state index in [1.807, 2.05) is 36.1 Å². The Bertz CT molecular complexity index is 1290. The number of rotatable bonds is 8. The van der Waals surface area contributed by atoms with Gasteiger partial charge in [0.15, 0.2) is 0 Å². The lowest BCUT2D eigenvalue weighted by molar-refractivity contribution is -0.132. The first-order valence-corrected chi connectivity index (χ1v) is 13.6. The summed E-state index contributed by atoms with van der Waals surface area (Å²) in [5, 5.41) is 0.635. The number of methoxy groups -OCH3 is 1. The van der Waals surface area contributed by atoms with Gasteiger partial charge in [-0.15, -0.1) is 11.8 Å². The zero-order valence-corrected chi connectivity index (χ0v) is 22.9. The van der Waals surface area contributed by atoms with Crippen molar-refractivity contribution >= 4 is 24.0 Å². The second-order valence-electron chi connectivity index (χ2n) is 10.3. The number of aromatic nitrogens is 2. The summed E-state index contributed by atoms with van der Waals surface area (Å²) in [4.78, 5) is 52.7. The number of ether oxygens (including phenoxy) is 2. The van der Waals surface area contributed by atoms with Crippen LogP contribution in [-0.4, -0.2) is 58.3 Å². The SMILES string of the molecule is COc1ccccc1C(Cn1c2c(c(=O)n(C(C)(C)C=O)c1=O)C(C)CS2)OC1CCN(C(C)=O)CC1. The molecule has 9 nitrogen and oxygen atoms in total. The summed E-state index contributed by atoms with van der Waals surface area (Å²) in [5.74, 6) is 1.32. The summed E-state index contributed by atoms with van der Waals surface area (Å²) in [6.07, 6.45) is 1.34. The fraction of sp³-hybridized carbons (Fsp3) is 0.556. The van der Waals surface area contributed by atoms with Gasteiger partial charge in [-0.05, 0) is 38.7 Å². The van der Waals surface area contributed by atoms with Gasteiger partial charge in [0.05, 0.1) is 30.3 Å². The van der Waals surface area contributed by atoms with Crippen LogP contribution < -0.4 is 16.0 Å². The summed E-state index contributed by atoms with van der Waals surface area (Å²) in [7, 11) is 1.59. The third-order valence-electron chi connectivity index (χ3n) is 7.24. The Hall–Kier alpha value is -2.85. The minimum absolute atomic E-state index is 0.0467. The molecule has 10 heteroatoms. The molecule has 200 valence electrons. The van der Waals surface area contributed by atoms with Gasteiger partial charge in [0.2, 0.25) is 5.91 Å². The van der Waals surface area contributed by atoms with Crippen molar-refractivity contribution in [3.8, 4) is 5.75 Å². The summed E-state index contributed by atoms with van der Waals surface area (Å²) in [5.41, 5.74) is -0.871. The maximum atomic E-state index is 13.8. The van der Waals surface area contributed by atoms with Crippen LogP contribution in [-0.2, 0) is 26.4 Å². The summed E-state index contributed by atoms with van der Waals surface area (Å²) < 4.78 is 14.9. The summed E-state index contributed by atoms with van der Waals surface area (Å²) in [6, 6.07) is 7.54. The first-order valence-electron chi connectivity index (χ1n) is 12.6. The van der Waals surface area contributed by atoms with Gasteiger partial charge in [-0.1, -0.05) is 25.1 Å². The molecule has 0 N–H and O–H groups in total. The van der Waals surface area contributed by atoms with Crippen LogP contribution in [0.4, 0.5) is 0 Å². The molecule has 2 aliphatic rings. The lowest BCUT2D eigenvalue weighted by atomic mass is 10.0. The zero-order chi connectivity index (χ0) is 26.9. The third-order valence-corrected chi connectivity index (χ3v) is 8.62. The molecule has 1 aromatic carbocycles. The van der Waals surface area contributed by atoms with Gasteiger partial charge in [0.25, 0.3) is 5.56 Å². The van der Waals surface area contributed by atoms with E-state index in [0.717, 1.165) is 10.1 Å². The highest BCUT2D eigenvalue weighted by Gasteiger charge is 2.35. The average Bonchev–Trinajstić information content (AvgIpc) is 3.27. The van der Waals surface area contributed by atoms with Crippen molar-refractivity contribution in [2.45, 2.75) is 75.8 Å². The Kier molecular flexibility index (Phi) is 7.99. The maximum Gasteiger partial charge on any atom is 0.332 e. The molecule has 2 aliphatic heterocycles. The second-order valence-corrected chi connectivity index (χ2v) is 11.3. The molecule has 1 fully saturated rings. The van der Waals surface area contributed by atoms with E-state index in [1.165, 1.54) is 11.8 Å². The quantitative estimate of drug-likeness (QED) is 0.383. The molecular formula is C27H35N3O6S. The number of nitrogens with zero attached hydrogens (tertiary/aromatic N) is 3. The minimum atomic E-state index is -1.29. The predicted molar refractivity (Wildman–Crippen MR) is 142 cm³/mol. The van der Waals surface area contributed by atoms with Crippen molar-refractivity contribution in [3.63, 3.8) is 0 Å². The lowest BCUT2D eigenvalue weighted by Gasteiger charge is -2.34. The van der Waals surface area contributed by atoms with E-state index in [0.29, 0.717) is 54.3 Å². The number of amides is 1. The van der Waals surface area contributed by atoms with E-state index in [1.54, 1.807) is 32.4 Å². The van der Waals surface area contributed by atoms with Gasteiger partial charge in [-0.25, -0.2) is 9.36 Å². The predicted octanol–water partition coefficient (Wildman–Crippen LogP) is 2.93. The molecule has 2 unspecified atom stereocenters. The number of likely N-dealkylation sites (tertiary alicyclic amines) is 1. The van der Waals surface area contributed by atoms with E-state index < -0.39 is 22.9 Å². The highest BCUT2D eigenvalue weighted by Crippen LogP contribution is 2.38. The third kappa shape index (κ3) is 5.27. The van der Waals surface area contributed by atoms with E-state index in [-0.39, 0.29) is 24.5 Å². The molecule has 0 spiro atoms. The Labute approximate surface area is 220 Å². The van der Waals surface area contributed by atoms with Crippen LogP contribution in [0.1, 0.15) is 63.7 Å². The standard InChI is InChI=1S/C27H35N3O6S/c1-17-15-37-25-23(17)24(33)30(27(3,4)16-31)26(34)29(25)14-22(20-8-6-7-9-21(20)35-5)36-19-10-12-28(13-11-19)18(2)32/h6-9,16-17,19,22H,10-15H2,1-5H3. The van der Waals surface area contributed by atoms with Crippen molar-refractivity contribution in [2.75, 3.05) is 26.0 Å². The van der Waals surface area contributed by atoms with Gasteiger partial charge in [-0.2, -0.15) is 0 Å². The fourth-order valence-corrected chi connectivity index (χ4v) is 6.42.